The molecular formula is C15H20O5S. The summed E-state index contributed by atoms with van der Waals surface area (Å²) in [5, 5.41) is -0.641. The minimum Gasteiger partial charge on any atom is -0.486 e. The molecule has 1 heterocycles. The molecule has 0 saturated heterocycles. The van der Waals surface area contributed by atoms with Crippen molar-refractivity contribution in [3.63, 3.8) is 0 Å². The van der Waals surface area contributed by atoms with E-state index < -0.39 is 22.0 Å². The van der Waals surface area contributed by atoms with E-state index in [-0.39, 0.29) is 6.61 Å². The van der Waals surface area contributed by atoms with Gasteiger partial charge in [0, 0.05) is 11.0 Å². The number of carbonyl (C=O) groups is 1. The van der Waals surface area contributed by atoms with Gasteiger partial charge in [0.15, 0.2) is 11.5 Å². The Balaban J connectivity index is 2.21. The minimum atomic E-state index is -1.46. The topological polar surface area (TPSA) is 61.8 Å². The molecule has 0 fully saturated rings. The molecule has 0 amide bonds. The number of ether oxygens (including phenoxy) is 3. The third-order valence-electron chi connectivity index (χ3n) is 3.10. The molecule has 0 bridgehead atoms. The van der Waals surface area contributed by atoms with Crippen LogP contribution in [-0.4, -0.2) is 35.2 Å². The van der Waals surface area contributed by atoms with Crippen LogP contribution in [0, 0.1) is 0 Å². The van der Waals surface area contributed by atoms with E-state index in [1.807, 2.05) is 6.92 Å². The Hall–Kier alpha value is -1.56. The molecule has 116 valence electrons. The average Bonchev–Trinajstić information content (AvgIpc) is 2.51. The highest BCUT2D eigenvalue weighted by molar-refractivity contribution is 7.86. The second-order valence-electron chi connectivity index (χ2n) is 4.63. The average molecular weight is 312 g/mol. The first-order chi connectivity index (χ1) is 10.2. The summed E-state index contributed by atoms with van der Waals surface area (Å²) in [4.78, 5) is 12.5. The molecule has 2 atom stereocenters. The van der Waals surface area contributed by atoms with Crippen molar-refractivity contribution < 1.29 is 23.2 Å². The monoisotopic (exact) mass is 312 g/mol. The highest BCUT2D eigenvalue weighted by Gasteiger charge is 2.28. The first kappa shape index (κ1) is 15.8. The second-order valence-corrected chi connectivity index (χ2v) is 6.27. The Labute approximate surface area is 127 Å². The summed E-state index contributed by atoms with van der Waals surface area (Å²) >= 11 is 0. The van der Waals surface area contributed by atoms with Gasteiger partial charge in [0.1, 0.15) is 18.5 Å². The van der Waals surface area contributed by atoms with E-state index in [1.165, 1.54) is 0 Å². The summed E-state index contributed by atoms with van der Waals surface area (Å²) in [5.74, 6) is 0.809. The van der Waals surface area contributed by atoms with Crippen LogP contribution in [0.3, 0.4) is 0 Å². The predicted octanol–water partition coefficient (Wildman–Crippen LogP) is 2.30. The summed E-state index contributed by atoms with van der Waals surface area (Å²) in [6, 6.07) is 5.13. The van der Waals surface area contributed by atoms with Gasteiger partial charge >= 0.3 is 5.97 Å². The number of esters is 1. The van der Waals surface area contributed by atoms with Crippen molar-refractivity contribution in [3.05, 3.63) is 18.2 Å². The molecule has 0 radical (unpaired) electrons. The zero-order valence-corrected chi connectivity index (χ0v) is 13.1. The van der Waals surface area contributed by atoms with Gasteiger partial charge in [0.25, 0.3) is 0 Å². The van der Waals surface area contributed by atoms with Gasteiger partial charge in [-0.25, -0.2) is 0 Å². The number of benzene rings is 1. The molecule has 1 aliphatic rings. The summed E-state index contributed by atoms with van der Waals surface area (Å²) in [6.45, 7) is 4.97. The largest absolute Gasteiger partial charge is 0.486 e. The van der Waals surface area contributed by atoms with Crippen molar-refractivity contribution >= 4 is 16.8 Å². The number of hydrogen-bond donors (Lipinski definition) is 0. The number of hydrogen-bond acceptors (Lipinski definition) is 5. The molecule has 2 rings (SSSR count). The molecule has 0 aliphatic carbocycles. The molecule has 21 heavy (non-hydrogen) atoms. The van der Waals surface area contributed by atoms with E-state index in [9.17, 15) is 9.00 Å². The highest BCUT2D eigenvalue weighted by Crippen LogP contribution is 2.32. The van der Waals surface area contributed by atoms with Crippen molar-refractivity contribution in [2.24, 2.45) is 0 Å². The quantitative estimate of drug-likeness (QED) is 0.754. The molecule has 6 heteroatoms. The van der Waals surface area contributed by atoms with Gasteiger partial charge in [-0.3, -0.25) is 9.00 Å². The van der Waals surface area contributed by atoms with Crippen LogP contribution >= 0.6 is 0 Å². The third kappa shape index (κ3) is 3.75. The number of fused-ring (bicyclic) bond motifs is 1. The third-order valence-corrected chi connectivity index (χ3v) is 4.77. The Morgan fingerprint density at radius 1 is 1.29 bits per heavy atom. The lowest BCUT2D eigenvalue weighted by molar-refractivity contribution is -0.142. The minimum absolute atomic E-state index is 0.289. The highest BCUT2D eigenvalue weighted by atomic mass is 32.2. The molecule has 0 aromatic heterocycles. The molecule has 1 aromatic carbocycles. The lowest BCUT2D eigenvalue weighted by atomic mass is 10.2. The fourth-order valence-corrected chi connectivity index (χ4v) is 3.57. The maximum absolute atomic E-state index is 12.7. The molecular weight excluding hydrogens is 292 g/mol. The van der Waals surface area contributed by atoms with Gasteiger partial charge in [-0.15, -0.1) is 0 Å². The maximum atomic E-state index is 12.7. The Kier molecular flexibility index (Phi) is 5.61. The fraction of sp³-hybridized carbons (Fsp3) is 0.533. The van der Waals surface area contributed by atoms with E-state index >= 15 is 0 Å². The first-order valence-corrected chi connectivity index (χ1v) is 8.35. The molecule has 0 spiro atoms. The first-order valence-electron chi connectivity index (χ1n) is 7.14. The van der Waals surface area contributed by atoms with Crippen LogP contribution in [0.25, 0.3) is 0 Å². The van der Waals surface area contributed by atoms with Crippen molar-refractivity contribution in [2.45, 2.75) is 36.8 Å². The zero-order valence-electron chi connectivity index (χ0n) is 12.3. The van der Waals surface area contributed by atoms with Crippen LogP contribution in [-0.2, 0) is 20.3 Å². The van der Waals surface area contributed by atoms with Crippen molar-refractivity contribution in [1.82, 2.24) is 0 Å². The van der Waals surface area contributed by atoms with E-state index in [1.54, 1.807) is 25.1 Å². The standard InChI is InChI=1S/C15H20O5S/c1-3-5-14(15(16)18-4-2)21(17)11-6-7-12-13(10-11)20-9-8-19-12/h6-7,10,14H,3-5,8-9H2,1-2H3. The van der Waals surface area contributed by atoms with Crippen molar-refractivity contribution in [2.75, 3.05) is 19.8 Å². The molecule has 1 aliphatic heterocycles. The van der Waals surface area contributed by atoms with Crippen molar-refractivity contribution in [3.8, 4) is 11.5 Å². The summed E-state index contributed by atoms with van der Waals surface area (Å²) in [6.07, 6.45) is 1.29. The normalized spacial score (nSPS) is 16.1. The summed E-state index contributed by atoms with van der Waals surface area (Å²) in [5.41, 5.74) is 0. The van der Waals surface area contributed by atoms with Crippen LogP contribution in [0.1, 0.15) is 26.7 Å². The second kappa shape index (κ2) is 7.45. The Bertz CT molecular complexity index is 529. The fourth-order valence-electron chi connectivity index (χ4n) is 2.12. The van der Waals surface area contributed by atoms with Crippen LogP contribution < -0.4 is 9.47 Å². The zero-order chi connectivity index (χ0) is 15.2. The van der Waals surface area contributed by atoms with Gasteiger partial charge in [-0.1, -0.05) is 13.3 Å². The van der Waals surface area contributed by atoms with Gasteiger partial charge < -0.3 is 14.2 Å². The number of rotatable bonds is 6. The molecule has 0 saturated carbocycles. The lowest BCUT2D eigenvalue weighted by Gasteiger charge is -2.20. The summed E-state index contributed by atoms with van der Waals surface area (Å²) < 4.78 is 28.6. The van der Waals surface area contributed by atoms with Gasteiger partial charge in [-0.2, -0.15) is 0 Å². The van der Waals surface area contributed by atoms with Crippen LogP contribution in [0.2, 0.25) is 0 Å². The van der Waals surface area contributed by atoms with E-state index in [0.717, 1.165) is 6.42 Å². The maximum Gasteiger partial charge on any atom is 0.322 e. The molecule has 1 aromatic rings. The number of carbonyl (C=O) groups excluding carboxylic acids is 1. The van der Waals surface area contributed by atoms with Gasteiger partial charge in [-0.05, 0) is 25.5 Å². The van der Waals surface area contributed by atoms with Gasteiger partial charge in [0.05, 0.1) is 17.4 Å². The van der Waals surface area contributed by atoms with E-state index in [2.05, 4.69) is 0 Å². The van der Waals surface area contributed by atoms with Crippen LogP contribution in [0.4, 0.5) is 0 Å². The van der Waals surface area contributed by atoms with E-state index in [4.69, 9.17) is 14.2 Å². The van der Waals surface area contributed by atoms with Gasteiger partial charge in [0.2, 0.25) is 0 Å². The Morgan fingerprint density at radius 2 is 2.00 bits per heavy atom. The van der Waals surface area contributed by atoms with E-state index in [0.29, 0.717) is 36.0 Å². The molecule has 5 nitrogen and oxygen atoms in total. The Morgan fingerprint density at radius 3 is 2.67 bits per heavy atom. The lowest BCUT2D eigenvalue weighted by Crippen LogP contribution is -2.28. The SMILES string of the molecule is CCCC(C(=O)OCC)S(=O)c1ccc2c(c1)OCCO2. The molecule has 2 unspecified atom stereocenters. The smallest absolute Gasteiger partial charge is 0.322 e. The van der Waals surface area contributed by atoms with Crippen LogP contribution in [0.5, 0.6) is 11.5 Å². The van der Waals surface area contributed by atoms with Crippen molar-refractivity contribution in [1.29, 1.82) is 0 Å². The molecule has 0 N–H and O–H groups in total. The van der Waals surface area contributed by atoms with Crippen LogP contribution in [0.15, 0.2) is 23.1 Å². The summed E-state index contributed by atoms with van der Waals surface area (Å²) in [7, 11) is -1.46. The predicted molar refractivity (Wildman–Crippen MR) is 79.2 cm³/mol.